The smallest absolute Gasteiger partial charge is 0.251 e. The van der Waals surface area contributed by atoms with Crippen LogP contribution in [0.2, 0.25) is 0 Å². The number of rotatable bonds is 7. The first kappa shape index (κ1) is 16.7. The van der Waals surface area contributed by atoms with E-state index in [-0.39, 0.29) is 18.1 Å². The molecule has 5 nitrogen and oxygen atoms in total. The monoisotopic (exact) mass is 305 g/mol. The Bertz CT molecular complexity index is 498. The highest BCUT2D eigenvalue weighted by Gasteiger charge is 2.30. The molecule has 0 saturated carbocycles. The Kier molecular flexibility index (Phi) is 6.19. The van der Waals surface area contributed by atoms with Gasteiger partial charge in [-0.05, 0) is 45.1 Å². The standard InChI is InChI=1S/C17H27N3O2/c1-4-5-10-22-15(3)17(21)20-9-7-6-8-16(20)13-19-12-14(2)11-18-19/h4,11-12,15-16H,1,5-10,13H2,2-3H3/t15-,16+/m1/s1. The minimum Gasteiger partial charge on any atom is -0.368 e. The molecule has 1 aliphatic rings. The molecule has 0 spiro atoms. The van der Waals surface area contributed by atoms with Gasteiger partial charge in [0.05, 0.1) is 25.4 Å². The summed E-state index contributed by atoms with van der Waals surface area (Å²) in [5, 5.41) is 4.35. The summed E-state index contributed by atoms with van der Waals surface area (Å²) in [5.74, 6) is 0.0950. The normalized spacial score (nSPS) is 19.9. The zero-order valence-electron chi connectivity index (χ0n) is 13.7. The Morgan fingerprint density at radius 1 is 1.59 bits per heavy atom. The molecule has 1 aromatic heterocycles. The summed E-state index contributed by atoms with van der Waals surface area (Å²) in [6.07, 6.45) is 9.34. The van der Waals surface area contributed by atoms with E-state index in [0.29, 0.717) is 6.61 Å². The van der Waals surface area contributed by atoms with E-state index in [4.69, 9.17) is 4.74 Å². The molecule has 22 heavy (non-hydrogen) atoms. The summed E-state index contributed by atoms with van der Waals surface area (Å²) in [7, 11) is 0. The lowest BCUT2D eigenvalue weighted by atomic mass is 10.0. The third-order valence-electron chi connectivity index (χ3n) is 4.11. The van der Waals surface area contributed by atoms with Crippen LogP contribution < -0.4 is 0 Å². The van der Waals surface area contributed by atoms with Crippen molar-refractivity contribution in [1.82, 2.24) is 14.7 Å². The topological polar surface area (TPSA) is 47.4 Å². The molecular formula is C17H27N3O2. The molecule has 122 valence electrons. The fourth-order valence-corrected chi connectivity index (χ4v) is 2.90. The predicted molar refractivity (Wildman–Crippen MR) is 86.5 cm³/mol. The number of hydrogen-bond donors (Lipinski definition) is 0. The number of amides is 1. The van der Waals surface area contributed by atoms with Gasteiger partial charge in [-0.1, -0.05) is 6.08 Å². The van der Waals surface area contributed by atoms with Crippen molar-refractivity contribution in [3.8, 4) is 0 Å². The molecule has 2 atom stereocenters. The van der Waals surface area contributed by atoms with E-state index in [1.807, 2.05) is 35.8 Å². The van der Waals surface area contributed by atoms with Crippen molar-refractivity contribution in [3.63, 3.8) is 0 Å². The van der Waals surface area contributed by atoms with Gasteiger partial charge in [-0.15, -0.1) is 6.58 Å². The zero-order chi connectivity index (χ0) is 15.9. The maximum absolute atomic E-state index is 12.6. The SMILES string of the molecule is C=CCCO[C@H](C)C(=O)N1CCCC[C@H]1Cn1cc(C)cn1. The predicted octanol–water partition coefficient (Wildman–Crippen LogP) is 2.55. The average molecular weight is 305 g/mol. The molecule has 1 saturated heterocycles. The molecule has 0 aliphatic carbocycles. The van der Waals surface area contributed by atoms with Crippen molar-refractivity contribution < 1.29 is 9.53 Å². The van der Waals surface area contributed by atoms with E-state index >= 15 is 0 Å². The van der Waals surface area contributed by atoms with Crippen molar-refractivity contribution in [2.45, 2.75) is 58.2 Å². The summed E-state index contributed by atoms with van der Waals surface area (Å²) in [6, 6.07) is 0.214. The second-order valence-electron chi connectivity index (χ2n) is 6.01. The summed E-state index contributed by atoms with van der Waals surface area (Å²) in [6.45, 7) is 9.67. The number of hydrogen-bond acceptors (Lipinski definition) is 3. The summed E-state index contributed by atoms with van der Waals surface area (Å²) in [4.78, 5) is 14.6. The number of aromatic nitrogens is 2. The van der Waals surface area contributed by atoms with Gasteiger partial charge < -0.3 is 9.64 Å². The van der Waals surface area contributed by atoms with Crippen LogP contribution in [0.4, 0.5) is 0 Å². The van der Waals surface area contributed by atoms with Gasteiger partial charge in [0.25, 0.3) is 5.91 Å². The molecule has 1 aliphatic heterocycles. The second-order valence-corrected chi connectivity index (χ2v) is 6.01. The molecule has 1 fully saturated rings. The van der Waals surface area contributed by atoms with Crippen LogP contribution in [-0.4, -0.2) is 45.9 Å². The van der Waals surface area contributed by atoms with Crippen LogP contribution in [0.25, 0.3) is 0 Å². The third-order valence-corrected chi connectivity index (χ3v) is 4.11. The highest BCUT2D eigenvalue weighted by atomic mass is 16.5. The molecule has 0 aromatic carbocycles. The van der Waals surface area contributed by atoms with Gasteiger partial charge in [0.15, 0.2) is 0 Å². The minimum absolute atomic E-state index is 0.0950. The highest BCUT2D eigenvalue weighted by Crippen LogP contribution is 2.20. The Morgan fingerprint density at radius 2 is 2.41 bits per heavy atom. The second kappa shape index (κ2) is 8.13. The maximum atomic E-state index is 12.6. The first-order valence-corrected chi connectivity index (χ1v) is 8.14. The first-order valence-electron chi connectivity index (χ1n) is 8.14. The van der Waals surface area contributed by atoms with Crippen LogP contribution in [0.5, 0.6) is 0 Å². The number of likely N-dealkylation sites (tertiary alicyclic amines) is 1. The van der Waals surface area contributed by atoms with Crippen molar-refractivity contribution in [3.05, 3.63) is 30.6 Å². The molecule has 0 N–H and O–H groups in total. The van der Waals surface area contributed by atoms with E-state index in [2.05, 4.69) is 11.7 Å². The van der Waals surface area contributed by atoms with Crippen molar-refractivity contribution in [2.75, 3.05) is 13.2 Å². The quantitative estimate of drug-likeness (QED) is 0.574. The van der Waals surface area contributed by atoms with E-state index in [9.17, 15) is 4.79 Å². The summed E-state index contributed by atoms with van der Waals surface area (Å²) < 4.78 is 7.55. The van der Waals surface area contributed by atoms with E-state index in [0.717, 1.165) is 37.9 Å². The lowest BCUT2D eigenvalue weighted by Gasteiger charge is -2.37. The summed E-state index contributed by atoms with van der Waals surface area (Å²) in [5.41, 5.74) is 1.15. The number of aryl methyl sites for hydroxylation is 1. The Hall–Kier alpha value is -1.62. The molecule has 2 heterocycles. The molecule has 5 heteroatoms. The maximum Gasteiger partial charge on any atom is 0.251 e. The molecule has 2 rings (SSSR count). The highest BCUT2D eigenvalue weighted by molar-refractivity contribution is 5.81. The van der Waals surface area contributed by atoms with E-state index in [1.54, 1.807) is 6.08 Å². The summed E-state index contributed by atoms with van der Waals surface area (Å²) >= 11 is 0. The van der Waals surface area contributed by atoms with Gasteiger partial charge in [0.2, 0.25) is 0 Å². The molecule has 0 bridgehead atoms. The van der Waals surface area contributed by atoms with Crippen molar-refractivity contribution in [2.24, 2.45) is 0 Å². The minimum atomic E-state index is -0.389. The third kappa shape index (κ3) is 4.44. The molecule has 1 aromatic rings. The lowest BCUT2D eigenvalue weighted by Crippen LogP contribution is -2.49. The van der Waals surface area contributed by atoms with Gasteiger partial charge >= 0.3 is 0 Å². The van der Waals surface area contributed by atoms with Gasteiger partial charge in [-0.2, -0.15) is 5.10 Å². The van der Waals surface area contributed by atoms with Crippen LogP contribution in [0.15, 0.2) is 25.0 Å². The van der Waals surface area contributed by atoms with Gasteiger partial charge in [-0.25, -0.2) is 0 Å². The van der Waals surface area contributed by atoms with Crippen LogP contribution >= 0.6 is 0 Å². The number of carbonyl (C=O) groups excluding carboxylic acids is 1. The molecule has 1 amide bonds. The zero-order valence-corrected chi connectivity index (χ0v) is 13.7. The fourth-order valence-electron chi connectivity index (χ4n) is 2.90. The van der Waals surface area contributed by atoms with Crippen molar-refractivity contribution >= 4 is 5.91 Å². The Balaban J connectivity index is 1.96. The van der Waals surface area contributed by atoms with Gasteiger partial charge in [0, 0.05) is 12.7 Å². The average Bonchev–Trinajstić information content (AvgIpc) is 2.92. The number of carbonyl (C=O) groups is 1. The largest absolute Gasteiger partial charge is 0.368 e. The Morgan fingerprint density at radius 3 is 3.09 bits per heavy atom. The first-order chi connectivity index (χ1) is 10.6. The Labute approximate surface area is 132 Å². The van der Waals surface area contributed by atoms with Crippen molar-refractivity contribution in [1.29, 1.82) is 0 Å². The van der Waals surface area contributed by atoms with Gasteiger partial charge in [0.1, 0.15) is 6.10 Å². The van der Waals surface area contributed by atoms with E-state index in [1.165, 1.54) is 6.42 Å². The molecular weight excluding hydrogens is 278 g/mol. The lowest BCUT2D eigenvalue weighted by molar-refractivity contribution is -0.146. The number of ether oxygens (including phenoxy) is 1. The van der Waals surface area contributed by atoms with Crippen LogP contribution in [0.1, 0.15) is 38.2 Å². The fraction of sp³-hybridized carbons (Fsp3) is 0.647. The van der Waals surface area contributed by atoms with Crippen LogP contribution in [0, 0.1) is 6.92 Å². The number of nitrogens with zero attached hydrogens (tertiary/aromatic N) is 3. The van der Waals surface area contributed by atoms with Crippen LogP contribution in [-0.2, 0) is 16.1 Å². The van der Waals surface area contributed by atoms with E-state index < -0.39 is 0 Å². The van der Waals surface area contributed by atoms with Gasteiger partial charge in [-0.3, -0.25) is 9.48 Å². The van der Waals surface area contributed by atoms with Crippen LogP contribution in [0.3, 0.4) is 0 Å². The number of piperidine rings is 1. The molecule has 0 radical (unpaired) electrons. The molecule has 0 unspecified atom stereocenters.